The second-order valence-electron chi connectivity index (χ2n) is 9.44. The number of piperidine rings is 1. The molecule has 3 aromatic rings. The lowest BCUT2D eigenvalue weighted by atomic mass is 9.73. The number of aromatic hydroxyl groups is 1. The van der Waals surface area contributed by atoms with E-state index in [1.54, 1.807) is 23.7 Å². The van der Waals surface area contributed by atoms with Crippen LogP contribution in [0.25, 0.3) is 0 Å². The molecule has 0 unspecified atom stereocenters. The quantitative estimate of drug-likeness (QED) is 0.564. The van der Waals surface area contributed by atoms with Crippen LogP contribution in [0.5, 0.6) is 5.75 Å². The highest BCUT2D eigenvalue weighted by Crippen LogP contribution is 2.50. The van der Waals surface area contributed by atoms with Gasteiger partial charge in [0.2, 0.25) is 5.95 Å². The van der Waals surface area contributed by atoms with Gasteiger partial charge in [0, 0.05) is 32.6 Å². The number of hydrogen-bond donors (Lipinski definition) is 2. The van der Waals surface area contributed by atoms with Crippen molar-refractivity contribution >= 4 is 5.95 Å². The van der Waals surface area contributed by atoms with Crippen LogP contribution in [0, 0.1) is 28.6 Å². The number of anilines is 1. The molecule has 1 atom stereocenters. The van der Waals surface area contributed by atoms with Crippen molar-refractivity contribution in [1.29, 1.82) is 5.26 Å². The fourth-order valence-corrected chi connectivity index (χ4v) is 5.47. The Morgan fingerprint density at radius 1 is 1.20 bits per heavy atom. The lowest BCUT2D eigenvalue weighted by Crippen LogP contribution is -2.46. The van der Waals surface area contributed by atoms with E-state index in [2.05, 4.69) is 46.0 Å². The van der Waals surface area contributed by atoms with E-state index in [0.29, 0.717) is 17.1 Å². The first-order valence-electron chi connectivity index (χ1n) is 11.8. The first-order valence-corrected chi connectivity index (χ1v) is 11.8. The minimum atomic E-state index is -0.204. The minimum Gasteiger partial charge on any atom is -0.507 e. The molecule has 0 amide bonds. The largest absolute Gasteiger partial charge is 0.507 e. The van der Waals surface area contributed by atoms with Crippen LogP contribution in [-0.2, 0) is 19.9 Å². The molecule has 0 saturated carbocycles. The van der Waals surface area contributed by atoms with Gasteiger partial charge in [-0.3, -0.25) is 9.36 Å². The van der Waals surface area contributed by atoms with Crippen LogP contribution in [0.1, 0.15) is 46.7 Å². The summed E-state index contributed by atoms with van der Waals surface area (Å²) < 4.78 is 1.56. The maximum Gasteiger partial charge on any atom is 0.270 e. The van der Waals surface area contributed by atoms with Gasteiger partial charge in [0.25, 0.3) is 5.56 Å². The number of nitrogens with two attached hydrogens (primary N) is 1. The van der Waals surface area contributed by atoms with Crippen LogP contribution >= 0.6 is 0 Å². The summed E-state index contributed by atoms with van der Waals surface area (Å²) in [5, 5.41) is 19.1. The summed E-state index contributed by atoms with van der Waals surface area (Å²) in [5.41, 5.74) is 10.3. The molecule has 5 rings (SSSR count). The molecule has 1 aliphatic carbocycles. The molecule has 176 valence electrons. The predicted octanol–water partition coefficient (Wildman–Crippen LogP) is 2.79. The molecule has 2 heterocycles. The molecule has 7 heteroatoms. The molecule has 35 heavy (non-hydrogen) atoms. The van der Waals surface area contributed by atoms with Crippen LogP contribution < -0.4 is 16.2 Å². The Bertz CT molecular complexity index is 1450. The third kappa shape index (κ3) is 3.95. The van der Waals surface area contributed by atoms with Crippen LogP contribution in [0.2, 0.25) is 0 Å². The zero-order valence-electron chi connectivity index (χ0n) is 19.7. The van der Waals surface area contributed by atoms with Crippen molar-refractivity contribution in [3.8, 4) is 23.7 Å². The van der Waals surface area contributed by atoms with E-state index in [1.807, 2.05) is 6.07 Å². The predicted molar refractivity (Wildman–Crippen MR) is 134 cm³/mol. The molecule has 1 saturated heterocycles. The van der Waals surface area contributed by atoms with E-state index >= 15 is 0 Å². The van der Waals surface area contributed by atoms with Gasteiger partial charge in [0.05, 0.1) is 11.8 Å². The average molecular weight is 466 g/mol. The number of hydrogen-bond acceptors (Lipinski definition) is 6. The minimum absolute atomic E-state index is 0.0448. The first kappa shape index (κ1) is 22.7. The van der Waals surface area contributed by atoms with Gasteiger partial charge in [-0.15, -0.1) is 0 Å². The third-order valence-corrected chi connectivity index (χ3v) is 7.52. The molecule has 0 radical (unpaired) electrons. The van der Waals surface area contributed by atoms with E-state index in [1.165, 1.54) is 23.4 Å². The SMILES string of the molecule is Cn1c(N2CCC3(CC2)Cc2ccccc2[C@H]3N)ncc(C#CCc2cccc(O)c2C#N)c1=O. The number of fused-ring (bicyclic) bond motifs is 1. The van der Waals surface area contributed by atoms with E-state index in [-0.39, 0.29) is 34.7 Å². The van der Waals surface area contributed by atoms with Crippen molar-refractivity contribution in [2.24, 2.45) is 18.2 Å². The number of rotatable bonds is 2. The zero-order valence-corrected chi connectivity index (χ0v) is 19.7. The van der Waals surface area contributed by atoms with Crippen molar-refractivity contribution in [2.45, 2.75) is 31.7 Å². The van der Waals surface area contributed by atoms with Crippen molar-refractivity contribution in [3.63, 3.8) is 0 Å². The maximum atomic E-state index is 13.0. The van der Waals surface area contributed by atoms with Crippen molar-refractivity contribution in [2.75, 3.05) is 18.0 Å². The second kappa shape index (κ2) is 8.94. The molecule has 2 aromatic carbocycles. The van der Waals surface area contributed by atoms with E-state index in [9.17, 15) is 15.2 Å². The Hall–Kier alpha value is -4.07. The summed E-state index contributed by atoms with van der Waals surface area (Å²) >= 11 is 0. The number of phenols is 1. The smallest absolute Gasteiger partial charge is 0.270 e. The zero-order chi connectivity index (χ0) is 24.6. The lowest BCUT2D eigenvalue weighted by Gasteiger charge is -2.42. The van der Waals surface area contributed by atoms with Crippen molar-refractivity contribution < 1.29 is 5.11 Å². The fraction of sp³-hybridized carbons (Fsp3) is 0.321. The van der Waals surface area contributed by atoms with E-state index < -0.39 is 0 Å². The molecule has 7 nitrogen and oxygen atoms in total. The molecule has 1 aromatic heterocycles. The topological polar surface area (TPSA) is 108 Å². The third-order valence-electron chi connectivity index (χ3n) is 7.52. The van der Waals surface area contributed by atoms with Crippen molar-refractivity contribution in [3.05, 3.63) is 86.8 Å². The van der Waals surface area contributed by atoms with Gasteiger partial charge >= 0.3 is 0 Å². The van der Waals surface area contributed by atoms with Gasteiger partial charge in [-0.05, 0) is 47.4 Å². The van der Waals surface area contributed by atoms with Gasteiger partial charge in [0.15, 0.2) is 0 Å². The van der Waals surface area contributed by atoms with Crippen molar-refractivity contribution in [1.82, 2.24) is 9.55 Å². The Morgan fingerprint density at radius 3 is 2.71 bits per heavy atom. The summed E-state index contributed by atoms with van der Waals surface area (Å²) in [5.74, 6) is 6.40. The summed E-state index contributed by atoms with van der Waals surface area (Å²) in [6.07, 6.45) is 4.68. The Morgan fingerprint density at radius 2 is 1.97 bits per heavy atom. The Balaban J connectivity index is 1.30. The van der Waals surface area contributed by atoms with Crippen LogP contribution in [0.15, 0.2) is 53.5 Å². The highest BCUT2D eigenvalue weighted by Gasteiger charge is 2.46. The number of nitriles is 1. The summed E-state index contributed by atoms with van der Waals surface area (Å²) in [4.78, 5) is 19.7. The molecule has 2 aliphatic rings. The lowest BCUT2D eigenvalue weighted by molar-refractivity contribution is 0.186. The van der Waals surface area contributed by atoms with Gasteiger partial charge in [-0.25, -0.2) is 4.98 Å². The monoisotopic (exact) mass is 465 g/mol. The number of benzene rings is 2. The number of phenolic OH excluding ortho intramolecular Hbond substituents is 1. The van der Waals surface area contributed by atoms with Gasteiger partial charge in [0.1, 0.15) is 17.4 Å². The Kier molecular flexibility index (Phi) is 5.80. The normalized spacial score (nSPS) is 18.0. The van der Waals surface area contributed by atoms with E-state index in [0.717, 1.165) is 32.4 Å². The van der Waals surface area contributed by atoms with Crippen LogP contribution in [0.3, 0.4) is 0 Å². The van der Waals surface area contributed by atoms with E-state index in [4.69, 9.17) is 5.73 Å². The molecular formula is C28H27N5O2. The maximum absolute atomic E-state index is 13.0. The number of aromatic nitrogens is 2. The summed E-state index contributed by atoms with van der Waals surface area (Å²) in [6, 6.07) is 15.4. The van der Waals surface area contributed by atoms with Gasteiger partial charge in [-0.1, -0.05) is 48.2 Å². The second-order valence-corrected chi connectivity index (χ2v) is 9.44. The summed E-state index contributed by atoms with van der Waals surface area (Å²) in [6.45, 7) is 1.59. The highest BCUT2D eigenvalue weighted by atomic mass is 16.3. The van der Waals surface area contributed by atoms with Gasteiger partial charge in [-0.2, -0.15) is 5.26 Å². The molecule has 1 fully saturated rings. The molecule has 1 spiro atoms. The average Bonchev–Trinajstić information content (AvgIpc) is 3.14. The van der Waals surface area contributed by atoms with Gasteiger partial charge < -0.3 is 15.7 Å². The standard InChI is InChI=1S/C28H27N5O2/c1-32-26(35)21(9-4-7-19-8-5-11-24(34)23(19)17-29)18-31-27(32)33-14-12-28(13-15-33)16-20-6-2-3-10-22(20)25(28)30/h2-3,5-6,8,10-11,18,25,34H,7,12-16,30H2,1H3/t25-/m1/s1. The Labute approximate surface area is 204 Å². The van der Waals surface area contributed by atoms with Crippen LogP contribution in [0.4, 0.5) is 5.95 Å². The highest BCUT2D eigenvalue weighted by molar-refractivity contribution is 5.49. The fourth-order valence-electron chi connectivity index (χ4n) is 5.47. The summed E-state index contributed by atoms with van der Waals surface area (Å²) in [7, 11) is 1.72. The molecule has 3 N–H and O–H groups in total. The first-order chi connectivity index (χ1) is 16.9. The molecule has 0 bridgehead atoms. The molecular weight excluding hydrogens is 438 g/mol. The molecule has 1 aliphatic heterocycles. The van der Waals surface area contributed by atoms with Crippen LogP contribution in [-0.4, -0.2) is 27.7 Å². The number of nitrogens with zero attached hydrogens (tertiary/aromatic N) is 4.